The maximum atomic E-state index is 11.2. The fourth-order valence-corrected chi connectivity index (χ4v) is 7.31. The standard InChI is InChI=1S/C20H22NO3.C15H17BrO3.C9H6O3.C6H12Br2.C2H3N.CH2O3.BrH.2K.H/c22-20-11-9-17-8-10-18(16-19(17)24-20)23-15-7-2-1-4-12-21-13-5-3-6-14-21;16-9-3-1-2-4-10-18-13-7-5-12-6-8-15(17)19-14(12)11-13;10-7-3-1-6-2-4-9(11)12-8(6)5-7;7-5-3-1-2-4-6-8;1-2-3;2-1-4-3;;;;/h3,5-6,8-11,13-14,16H,1-2,4,7,12,15H2;5-8,11H,1-4,9-10H2;1-5,10H;1-6H2;1H3;1,3H;1H;;;/q+1;;;;;;;2*+1;-1/p-2. The van der Waals surface area contributed by atoms with Crippen LogP contribution < -0.4 is 156 Å². The third-order valence-corrected chi connectivity index (χ3v) is 11.2. The Balaban J connectivity index is -0.000000902. The van der Waals surface area contributed by atoms with Gasteiger partial charge in [-0.2, -0.15) is 5.26 Å². The maximum Gasteiger partial charge on any atom is 1.00 e. The van der Waals surface area contributed by atoms with E-state index >= 15 is 0 Å². The molecule has 20 heteroatoms. The monoisotopic (exact) mass is 1310 g/mol. The average molecular weight is 1320 g/mol. The van der Waals surface area contributed by atoms with Crippen LogP contribution in [-0.4, -0.2) is 40.8 Å². The van der Waals surface area contributed by atoms with Crippen molar-refractivity contribution in [1.29, 1.82) is 5.26 Å². The molecule has 0 fully saturated rings. The molecule has 0 saturated carbocycles. The van der Waals surface area contributed by atoms with Gasteiger partial charge < -0.3 is 56.4 Å². The van der Waals surface area contributed by atoms with Crippen LogP contribution in [0, 0.1) is 11.3 Å². The topological polar surface area (TPSA) is 206 Å². The zero-order valence-electron chi connectivity index (χ0n) is 42.7. The molecule has 0 atom stereocenters. The molecule has 0 saturated heterocycles. The number of carbonyl (C=O) groups excluding carboxylic acids is 1. The summed E-state index contributed by atoms with van der Waals surface area (Å²) in [6.07, 6.45) is 18.8. The smallest absolute Gasteiger partial charge is 1.00 e. The second kappa shape index (κ2) is 48.3. The van der Waals surface area contributed by atoms with E-state index in [1.807, 2.05) is 30.3 Å². The van der Waals surface area contributed by atoms with Gasteiger partial charge in [-0.25, -0.2) is 19.0 Å². The number of phenolic OH excluding ortho intramolecular Hbond substituents is 1. The summed E-state index contributed by atoms with van der Waals surface area (Å²) in [6, 6.07) is 33.1. The first-order valence-electron chi connectivity index (χ1n) is 22.8. The van der Waals surface area contributed by atoms with Gasteiger partial charge in [0.2, 0.25) is 0 Å². The normalized spacial score (nSPS) is 9.53. The largest absolute Gasteiger partial charge is 1.00 e. The van der Waals surface area contributed by atoms with Gasteiger partial charge in [0.05, 0.1) is 19.3 Å². The van der Waals surface area contributed by atoms with Crippen molar-refractivity contribution >= 4 is 87.2 Å². The van der Waals surface area contributed by atoms with E-state index in [4.69, 9.17) is 43.1 Å². The van der Waals surface area contributed by atoms with E-state index in [0.29, 0.717) is 30.0 Å². The number of aromatic hydroxyl groups is 1. The number of pyridine rings is 1. The number of halogens is 4. The molecule has 7 aromatic rings. The van der Waals surface area contributed by atoms with Crippen molar-refractivity contribution in [2.45, 2.75) is 90.5 Å². The van der Waals surface area contributed by atoms with Crippen LogP contribution >= 0.6 is 47.8 Å². The molecule has 73 heavy (non-hydrogen) atoms. The Morgan fingerprint density at radius 2 is 0.932 bits per heavy atom. The quantitative estimate of drug-likeness (QED) is 0.0161. The number of aromatic nitrogens is 1. The van der Waals surface area contributed by atoms with E-state index in [1.165, 1.54) is 89.0 Å². The van der Waals surface area contributed by atoms with Crippen LogP contribution in [0.25, 0.3) is 32.9 Å². The summed E-state index contributed by atoms with van der Waals surface area (Å²) < 4.78 is 28.7. The Bertz CT molecular complexity index is 2730. The zero-order valence-corrected chi connectivity index (χ0v) is 54.3. The fourth-order valence-electron chi connectivity index (χ4n) is 6.12. The van der Waals surface area contributed by atoms with Gasteiger partial charge in [-0.15, -0.1) is 0 Å². The van der Waals surface area contributed by atoms with Gasteiger partial charge in [0.15, 0.2) is 12.4 Å². The Kier molecular flexibility index (Phi) is 48.4. The summed E-state index contributed by atoms with van der Waals surface area (Å²) in [4.78, 5) is 44.4. The van der Waals surface area contributed by atoms with Gasteiger partial charge in [0.1, 0.15) is 40.5 Å². The summed E-state index contributed by atoms with van der Waals surface area (Å²) in [5.74, 6) is 1.59. The molecule has 0 spiro atoms. The van der Waals surface area contributed by atoms with Crippen LogP contribution in [0.4, 0.5) is 0 Å². The number of aryl methyl sites for hydroxylation is 1. The van der Waals surface area contributed by atoms with Crippen LogP contribution in [0.1, 0.15) is 85.4 Å². The number of fused-ring (bicyclic) bond motifs is 3. The first kappa shape index (κ1) is 73.0. The van der Waals surface area contributed by atoms with Crippen molar-refractivity contribution in [1.82, 2.24) is 0 Å². The summed E-state index contributed by atoms with van der Waals surface area (Å²) in [7, 11) is 0. The predicted octanol–water partition coefficient (Wildman–Crippen LogP) is 2.77. The Labute approximate surface area is 549 Å². The van der Waals surface area contributed by atoms with E-state index in [0.717, 1.165) is 69.5 Å². The second-order valence-corrected chi connectivity index (χ2v) is 17.3. The van der Waals surface area contributed by atoms with Crippen molar-refractivity contribution in [2.75, 3.05) is 29.2 Å². The van der Waals surface area contributed by atoms with Gasteiger partial charge >= 0.3 is 120 Å². The molecule has 386 valence electrons. The summed E-state index contributed by atoms with van der Waals surface area (Å²) in [6.45, 7) is 3.69. The minimum atomic E-state index is -0.409. The summed E-state index contributed by atoms with van der Waals surface area (Å²) in [5, 5.41) is 30.8. The zero-order chi connectivity index (χ0) is 51.0. The number of hydrogen-bond donors (Lipinski definition) is 1. The van der Waals surface area contributed by atoms with E-state index in [2.05, 4.69) is 81.8 Å². The van der Waals surface area contributed by atoms with Gasteiger partial charge in [0, 0.05) is 94.0 Å². The van der Waals surface area contributed by atoms with Crippen LogP contribution in [0.2, 0.25) is 0 Å². The second-order valence-electron chi connectivity index (χ2n) is 14.9. The van der Waals surface area contributed by atoms with Crippen molar-refractivity contribution in [3.8, 4) is 23.3 Å². The molecule has 3 aromatic carbocycles. The van der Waals surface area contributed by atoms with Gasteiger partial charge in [-0.05, 0) is 99.5 Å². The van der Waals surface area contributed by atoms with Crippen molar-refractivity contribution < 1.29 is 169 Å². The van der Waals surface area contributed by atoms with Crippen LogP contribution in [0.3, 0.4) is 0 Å². The number of nitrogens with zero attached hydrogens (tertiary/aromatic N) is 2. The number of phenols is 1. The molecule has 0 unspecified atom stereocenters. The van der Waals surface area contributed by atoms with Crippen LogP contribution in [-0.2, 0) is 16.2 Å². The molecular formula is C53H62Br4K2N2O12. The minimum Gasteiger partial charge on any atom is -1.00 e. The van der Waals surface area contributed by atoms with Crippen LogP contribution in [0.15, 0.2) is 149 Å². The molecule has 4 aromatic heterocycles. The molecule has 0 bridgehead atoms. The third-order valence-electron chi connectivity index (χ3n) is 9.51. The number of benzene rings is 3. The van der Waals surface area contributed by atoms with Gasteiger partial charge in [0.25, 0.3) is 6.47 Å². The molecule has 0 aliphatic rings. The van der Waals surface area contributed by atoms with Crippen LogP contribution in [0.5, 0.6) is 17.2 Å². The molecule has 4 heterocycles. The maximum absolute atomic E-state index is 11.2. The molecule has 1 N–H and O–H groups in total. The Hall–Kier alpha value is -2.05. The predicted molar refractivity (Wildman–Crippen MR) is 283 cm³/mol. The summed E-state index contributed by atoms with van der Waals surface area (Å²) in [5.41, 5.74) is 0.468. The van der Waals surface area contributed by atoms with E-state index in [1.54, 1.807) is 48.5 Å². The van der Waals surface area contributed by atoms with Crippen molar-refractivity contribution in [3.05, 3.63) is 153 Å². The number of unbranched alkanes of at least 4 members (excludes halogenated alkanes) is 9. The molecule has 0 radical (unpaired) electrons. The number of hydrogen-bond acceptors (Lipinski definition) is 13. The van der Waals surface area contributed by atoms with Crippen molar-refractivity contribution in [3.63, 3.8) is 0 Å². The molecule has 0 aliphatic carbocycles. The Morgan fingerprint density at radius 1 is 0.589 bits per heavy atom. The first-order valence-corrected chi connectivity index (χ1v) is 26.2. The van der Waals surface area contributed by atoms with E-state index in [9.17, 15) is 14.4 Å². The Morgan fingerprint density at radius 3 is 1.32 bits per heavy atom. The number of nitriles is 1. The van der Waals surface area contributed by atoms with Gasteiger partial charge in [-0.3, -0.25) is 4.79 Å². The molecule has 0 aliphatic heterocycles. The van der Waals surface area contributed by atoms with E-state index in [-0.39, 0.29) is 145 Å². The SMILES string of the molecule is BrCCCCCCBr.CC#N.O=CO[O-].O=c1ccc2ccc(O)cc2o1.O=c1ccc2ccc(OCCCCCCBr)cc2o1.O=c1ccc2ccc(OCCCCCC[n+]3ccccc3)cc2o1.[Br-].[H-].[K+].[K+]. The number of ether oxygens (including phenoxy) is 2. The minimum absolute atomic E-state index is 0. The van der Waals surface area contributed by atoms with E-state index < -0.39 is 5.63 Å². The average Bonchev–Trinajstić information content (AvgIpc) is 3.37. The first-order chi connectivity index (χ1) is 34.1. The molecule has 7 rings (SSSR count). The molecule has 0 amide bonds. The third kappa shape index (κ3) is 35.1. The number of alkyl halides is 3. The number of rotatable bonds is 21. The van der Waals surface area contributed by atoms with Gasteiger partial charge in [-0.1, -0.05) is 79.5 Å². The molecular weight excluding hydrogens is 1250 g/mol. The van der Waals surface area contributed by atoms with Crippen molar-refractivity contribution in [2.24, 2.45) is 0 Å². The fraction of sp³-hybridized carbons (Fsp3) is 0.358. The molecule has 14 nitrogen and oxygen atoms in total. The number of carbonyl (C=O) groups is 1. The summed E-state index contributed by atoms with van der Waals surface area (Å²) >= 11 is 10.2.